The molecule has 1 aromatic heterocycles. The van der Waals surface area contributed by atoms with Gasteiger partial charge in [-0.3, -0.25) is 10.1 Å². The molecule has 0 aliphatic carbocycles. The Bertz CT molecular complexity index is 1970. The minimum Gasteiger partial charge on any atom is -0.505 e. The first-order chi connectivity index (χ1) is 31.7. The molecule has 0 saturated carbocycles. The highest BCUT2D eigenvalue weighted by molar-refractivity contribution is 6.31. The lowest BCUT2D eigenvalue weighted by atomic mass is 9.84. The smallest absolute Gasteiger partial charge is 0.220 e. The molecule has 2 unspecified atom stereocenters. The molecule has 8 N–H and O–H groups in total. The fourth-order valence-corrected chi connectivity index (χ4v) is 8.80. The van der Waals surface area contributed by atoms with Gasteiger partial charge in [0.15, 0.2) is 6.29 Å². The Morgan fingerprint density at radius 2 is 1.59 bits per heavy atom. The number of aliphatic imine (C=N–C) groups is 2. The number of guanidine groups is 1. The summed E-state index contributed by atoms with van der Waals surface area (Å²) in [6, 6.07) is 9.93. The van der Waals surface area contributed by atoms with Crippen molar-refractivity contribution in [1.29, 1.82) is 0 Å². The van der Waals surface area contributed by atoms with Gasteiger partial charge in [0.2, 0.25) is 11.9 Å². The average Bonchev–Trinajstić information content (AvgIpc) is 3.71. The Morgan fingerprint density at radius 1 is 0.894 bits per heavy atom. The summed E-state index contributed by atoms with van der Waals surface area (Å²) in [6.45, 7) is 24.1. The van der Waals surface area contributed by atoms with Gasteiger partial charge in [0.1, 0.15) is 28.3 Å². The molecule has 0 saturated heterocycles. The second-order valence-corrected chi connectivity index (χ2v) is 19.9. The zero-order valence-corrected chi connectivity index (χ0v) is 42.9. The first-order valence-electron chi connectivity index (χ1n) is 25.5. The van der Waals surface area contributed by atoms with E-state index in [1.807, 2.05) is 18.2 Å². The molecule has 66 heavy (non-hydrogen) atoms. The van der Waals surface area contributed by atoms with E-state index in [2.05, 4.69) is 104 Å². The third-order valence-electron chi connectivity index (χ3n) is 12.9. The van der Waals surface area contributed by atoms with Gasteiger partial charge in [-0.05, 0) is 133 Å². The van der Waals surface area contributed by atoms with Crippen molar-refractivity contribution in [3.05, 3.63) is 46.5 Å². The fraction of sp³-hybridized carbons (Fsp3) is 0.706. The predicted molar refractivity (Wildman–Crippen MR) is 276 cm³/mol. The van der Waals surface area contributed by atoms with Gasteiger partial charge in [-0.1, -0.05) is 105 Å². The summed E-state index contributed by atoms with van der Waals surface area (Å²) in [4.78, 5) is 27.7. The highest BCUT2D eigenvalue weighted by Crippen LogP contribution is 2.37. The highest BCUT2D eigenvalue weighted by Gasteiger charge is 2.37. The fourth-order valence-electron chi connectivity index (χ4n) is 8.64. The van der Waals surface area contributed by atoms with Crippen molar-refractivity contribution in [2.24, 2.45) is 15.7 Å². The van der Waals surface area contributed by atoms with Crippen LogP contribution >= 0.6 is 11.6 Å². The SMILES string of the molecule is CCCCC(CC)(NCCCCCCN)C1=NC(NCCCCCCNC(CC)CC)N=C(N(CCNC(=O)CCc2cc(-n3nc4ccc(Cl)cc4n3)c(O)c(C(C)(C)C)c2)C(C)C)N1. The number of carbonyl (C=O) groups excluding carboxylic acids is 1. The first-order valence-corrected chi connectivity index (χ1v) is 25.8. The summed E-state index contributed by atoms with van der Waals surface area (Å²) < 4.78 is 0. The summed E-state index contributed by atoms with van der Waals surface area (Å²) in [5, 5.41) is 39.6. The van der Waals surface area contributed by atoms with E-state index < -0.39 is 6.29 Å². The van der Waals surface area contributed by atoms with Gasteiger partial charge < -0.3 is 37.0 Å². The number of unbranched alkanes of at least 4 members (excludes halogenated alkanes) is 7. The number of phenolic OH excluding ortho intramolecular Hbond substituents is 1. The lowest BCUT2D eigenvalue weighted by molar-refractivity contribution is -0.121. The van der Waals surface area contributed by atoms with Crippen LogP contribution < -0.4 is 32.3 Å². The number of amides is 1. The van der Waals surface area contributed by atoms with E-state index in [-0.39, 0.29) is 35.1 Å². The number of carbonyl (C=O) groups is 1. The molecule has 2 atom stereocenters. The van der Waals surface area contributed by atoms with Crippen molar-refractivity contribution < 1.29 is 9.90 Å². The quantitative estimate of drug-likeness (QED) is 0.0308. The van der Waals surface area contributed by atoms with E-state index in [9.17, 15) is 9.90 Å². The maximum Gasteiger partial charge on any atom is 0.220 e. The minimum absolute atomic E-state index is 0.0462. The second-order valence-electron chi connectivity index (χ2n) is 19.5. The zero-order valence-electron chi connectivity index (χ0n) is 42.2. The molecule has 0 radical (unpaired) electrons. The average molecular weight is 936 g/mol. The number of aromatic hydroxyl groups is 1. The van der Waals surface area contributed by atoms with E-state index in [0.717, 1.165) is 113 Å². The van der Waals surface area contributed by atoms with Crippen LogP contribution in [-0.2, 0) is 16.6 Å². The third-order valence-corrected chi connectivity index (χ3v) is 13.1. The van der Waals surface area contributed by atoms with Crippen LogP contribution in [0.5, 0.6) is 5.75 Å². The number of aryl methyl sites for hydroxylation is 1. The van der Waals surface area contributed by atoms with E-state index in [4.69, 9.17) is 27.3 Å². The van der Waals surface area contributed by atoms with Gasteiger partial charge in [-0.25, -0.2) is 9.98 Å². The summed E-state index contributed by atoms with van der Waals surface area (Å²) in [5.41, 5.74) is 8.55. The predicted octanol–water partition coefficient (Wildman–Crippen LogP) is 8.85. The molecule has 0 fully saturated rings. The third kappa shape index (κ3) is 16.7. The number of halogens is 1. The van der Waals surface area contributed by atoms with Gasteiger partial charge in [0, 0.05) is 42.2 Å². The van der Waals surface area contributed by atoms with Crippen LogP contribution in [0, 0.1) is 0 Å². The Hall–Kier alpha value is -3.82. The first kappa shape index (κ1) is 54.8. The lowest BCUT2D eigenvalue weighted by Crippen LogP contribution is -2.63. The van der Waals surface area contributed by atoms with Gasteiger partial charge >= 0.3 is 0 Å². The van der Waals surface area contributed by atoms with Crippen molar-refractivity contribution in [3.8, 4) is 11.4 Å². The molecule has 370 valence electrons. The van der Waals surface area contributed by atoms with Gasteiger partial charge in [-0.15, -0.1) is 15.0 Å². The number of benzene rings is 2. The number of amidine groups is 1. The zero-order chi connectivity index (χ0) is 48.1. The number of phenols is 1. The van der Waals surface area contributed by atoms with Gasteiger partial charge in [-0.2, -0.15) is 0 Å². The van der Waals surface area contributed by atoms with Crippen LogP contribution in [0.3, 0.4) is 0 Å². The summed E-state index contributed by atoms with van der Waals surface area (Å²) in [7, 11) is 0. The van der Waals surface area contributed by atoms with Crippen molar-refractivity contribution in [1.82, 2.24) is 46.5 Å². The van der Waals surface area contributed by atoms with E-state index in [1.165, 1.54) is 30.5 Å². The Kier molecular flexibility index (Phi) is 23.1. The second kappa shape index (κ2) is 27.9. The Morgan fingerprint density at radius 3 is 2.26 bits per heavy atom. The topological polar surface area (TPSA) is 182 Å². The molecule has 1 amide bonds. The molecule has 0 bridgehead atoms. The molecule has 1 aliphatic rings. The molecule has 3 aromatic rings. The van der Waals surface area contributed by atoms with Crippen LogP contribution in [0.1, 0.15) is 170 Å². The normalized spacial score (nSPS) is 15.3. The van der Waals surface area contributed by atoms with E-state index in [1.54, 1.807) is 12.1 Å². The highest BCUT2D eigenvalue weighted by atomic mass is 35.5. The lowest BCUT2D eigenvalue weighted by Gasteiger charge is -2.41. The minimum atomic E-state index is -0.413. The number of rotatable bonds is 31. The summed E-state index contributed by atoms with van der Waals surface area (Å²) in [5.74, 6) is 1.79. The summed E-state index contributed by atoms with van der Waals surface area (Å²) in [6.07, 6.45) is 15.8. The molecule has 0 spiro atoms. The van der Waals surface area contributed by atoms with Gasteiger partial charge in [0.25, 0.3) is 0 Å². The number of nitrogens with one attached hydrogen (secondary N) is 5. The molecule has 4 rings (SSSR count). The van der Waals surface area contributed by atoms with Crippen molar-refractivity contribution in [2.45, 2.75) is 194 Å². The molecule has 2 aromatic carbocycles. The maximum absolute atomic E-state index is 13.5. The van der Waals surface area contributed by atoms with Crippen molar-refractivity contribution >= 4 is 40.3 Å². The molecule has 2 heterocycles. The molecular formula is C51H87ClN12O2. The number of aromatic nitrogens is 3. The Labute approximate surface area is 402 Å². The summed E-state index contributed by atoms with van der Waals surface area (Å²) >= 11 is 6.23. The number of hydrogen-bond acceptors (Lipinski definition) is 12. The number of hydrogen-bond donors (Lipinski definition) is 7. The van der Waals surface area contributed by atoms with E-state index >= 15 is 0 Å². The van der Waals surface area contributed by atoms with Crippen molar-refractivity contribution in [2.75, 3.05) is 39.3 Å². The maximum atomic E-state index is 13.5. The molecule has 1 aliphatic heterocycles. The van der Waals surface area contributed by atoms with Crippen molar-refractivity contribution in [3.63, 3.8) is 0 Å². The van der Waals surface area contributed by atoms with Gasteiger partial charge in [0.05, 0.1) is 5.54 Å². The number of nitrogens with two attached hydrogens (primary N) is 1. The monoisotopic (exact) mass is 935 g/mol. The van der Waals surface area contributed by atoms with E-state index in [0.29, 0.717) is 47.3 Å². The number of nitrogens with zero attached hydrogens (tertiary/aromatic N) is 6. The number of fused-ring (bicyclic) bond motifs is 1. The van der Waals surface area contributed by atoms with Crippen LogP contribution in [0.25, 0.3) is 16.7 Å². The Balaban J connectivity index is 1.46. The standard InChI is InChI=1S/C51H87ClN12O2/c1-10-14-27-51(13-4,57-31-22-16-15-19-28-53)47-58-48(56-30-21-18-17-20-29-54-40(11-2)12-3)60-49(59-47)63(37(5)6)33-32-55-45(65)26-23-38-34-41(50(7,8)9)46(66)44(35-38)64-61-42-25-24-39(52)36-43(42)62-64/h24-25,34-37,40,48,54,56-57,66H,10-23,26-33,53H2,1-9H3,(H,55,65)(H,58,59,60). The molecule has 15 heteroatoms. The van der Waals surface area contributed by atoms with Crippen LogP contribution in [0.2, 0.25) is 5.02 Å². The van der Waals surface area contributed by atoms with Crippen LogP contribution in [0.15, 0.2) is 40.3 Å². The van der Waals surface area contributed by atoms with Crippen LogP contribution in [0.4, 0.5) is 0 Å². The van der Waals surface area contributed by atoms with Crippen LogP contribution in [-0.4, -0.2) is 106 Å². The molecule has 14 nitrogen and oxygen atoms in total. The molecular weight excluding hydrogens is 848 g/mol. The largest absolute Gasteiger partial charge is 0.505 e.